The maximum absolute atomic E-state index is 9.62. The van der Waals surface area contributed by atoms with Gasteiger partial charge in [0, 0.05) is 24.2 Å². The monoisotopic (exact) mass is 575 g/mol. The number of ether oxygens (including phenoxy) is 1. The fourth-order valence-electron chi connectivity index (χ4n) is 11.5. The van der Waals surface area contributed by atoms with Crippen LogP contribution in [0.15, 0.2) is 0 Å². The predicted octanol–water partition coefficient (Wildman–Crippen LogP) is 6.38. The molecule has 3 heterocycles. The SMILES string of the molecule is N#CC1CCC(C2CCC(N3CCC4C(C5CCC(C6COC(C7CCCCC7)N6)CC5)NCCC43)CC2)CC1C#N. The molecule has 0 aromatic heterocycles. The lowest BCUT2D eigenvalue weighted by Crippen LogP contribution is -2.55. The Kier molecular flexibility index (Phi) is 9.45. The number of fused-ring (bicyclic) bond motifs is 1. The second-order valence-electron chi connectivity index (χ2n) is 15.7. The molecule has 0 spiro atoms. The minimum atomic E-state index is -0.0335. The van der Waals surface area contributed by atoms with Gasteiger partial charge in [0.25, 0.3) is 0 Å². The highest BCUT2D eigenvalue weighted by Crippen LogP contribution is 2.46. The van der Waals surface area contributed by atoms with E-state index in [0.29, 0.717) is 18.2 Å². The number of hydrogen-bond donors (Lipinski definition) is 2. The van der Waals surface area contributed by atoms with Crippen LogP contribution >= 0.6 is 0 Å². The van der Waals surface area contributed by atoms with Crippen LogP contribution < -0.4 is 10.6 Å². The molecule has 8 atom stereocenters. The molecule has 6 nitrogen and oxygen atoms in total. The van der Waals surface area contributed by atoms with Gasteiger partial charge in [-0.25, -0.2) is 0 Å². The van der Waals surface area contributed by atoms with Crippen LogP contribution in [0.25, 0.3) is 0 Å². The third-order valence-corrected chi connectivity index (χ3v) is 13.8. The molecule has 0 amide bonds. The Morgan fingerprint density at radius 3 is 2.12 bits per heavy atom. The zero-order valence-electron chi connectivity index (χ0n) is 26.1. The van der Waals surface area contributed by atoms with Crippen molar-refractivity contribution in [3.63, 3.8) is 0 Å². The smallest absolute Gasteiger partial charge is 0.111 e. The van der Waals surface area contributed by atoms with Crippen molar-refractivity contribution in [2.75, 3.05) is 19.7 Å². The third-order valence-electron chi connectivity index (χ3n) is 13.8. The van der Waals surface area contributed by atoms with Gasteiger partial charge in [0.2, 0.25) is 0 Å². The van der Waals surface area contributed by atoms with Gasteiger partial charge >= 0.3 is 0 Å². The zero-order valence-corrected chi connectivity index (χ0v) is 26.1. The van der Waals surface area contributed by atoms with Crippen LogP contribution in [0.4, 0.5) is 0 Å². The summed E-state index contributed by atoms with van der Waals surface area (Å²) < 4.78 is 6.33. The van der Waals surface area contributed by atoms with E-state index in [1.807, 2.05) is 0 Å². The van der Waals surface area contributed by atoms with Crippen molar-refractivity contribution in [2.24, 2.45) is 47.3 Å². The molecule has 3 saturated heterocycles. The van der Waals surface area contributed by atoms with Gasteiger partial charge < -0.3 is 10.1 Å². The maximum Gasteiger partial charge on any atom is 0.111 e. The van der Waals surface area contributed by atoms with Crippen LogP contribution in [-0.4, -0.2) is 55.0 Å². The third kappa shape index (κ3) is 6.05. The molecule has 2 N–H and O–H groups in total. The Hall–Kier alpha value is -1.18. The van der Waals surface area contributed by atoms with Crippen molar-refractivity contribution >= 4 is 0 Å². The Morgan fingerprint density at radius 1 is 0.643 bits per heavy atom. The second-order valence-corrected chi connectivity index (χ2v) is 15.7. The number of nitriles is 2. The lowest BCUT2D eigenvalue weighted by atomic mass is 9.67. The zero-order chi connectivity index (χ0) is 28.5. The van der Waals surface area contributed by atoms with Gasteiger partial charge in [-0.15, -0.1) is 0 Å². The summed E-state index contributed by atoms with van der Waals surface area (Å²) in [5.74, 6) is 4.66. The van der Waals surface area contributed by atoms with Crippen molar-refractivity contribution in [3.05, 3.63) is 0 Å². The fourth-order valence-corrected chi connectivity index (χ4v) is 11.5. The summed E-state index contributed by atoms with van der Waals surface area (Å²) in [6.45, 7) is 3.46. The van der Waals surface area contributed by atoms with Crippen molar-refractivity contribution in [1.29, 1.82) is 10.5 Å². The molecule has 7 rings (SSSR count). The van der Waals surface area contributed by atoms with Gasteiger partial charge in [-0.2, -0.15) is 10.5 Å². The molecule has 0 bridgehead atoms. The van der Waals surface area contributed by atoms with Crippen LogP contribution in [0.1, 0.15) is 116 Å². The van der Waals surface area contributed by atoms with Gasteiger partial charge in [0.05, 0.1) is 30.6 Å². The molecule has 3 aliphatic heterocycles. The molecule has 0 aromatic carbocycles. The molecule has 7 aliphatic rings. The molecular formula is C36H57N5O. The summed E-state index contributed by atoms with van der Waals surface area (Å²) in [6, 6.07) is 7.78. The first-order valence-electron chi connectivity index (χ1n) is 18.4. The van der Waals surface area contributed by atoms with Crippen molar-refractivity contribution < 1.29 is 4.74 Å². The summed E-state index contributed by atoms with van der Waals surface area (Å²) in [4.78, 5) is 2.98. The number of piperidine rings is 1. The van der Waals surface area contributed by atoms with Crippen LogP contribution in [0.5, 0.6) is 0 Å². The normalized spacial score (nSPS) is 47.4. The number of nitrogens with zero attached hydrogens (tertiary/aromatic N) is 3. The highest BCUT2D eigenvalue weighted by molar-refractivity contribution is 5.05. The van der Waals surface area contributed by atoms with Crippen LogP contribution in [-0.2, 0) is 4.74 Å². The lowest BCUT2D eigenvalue weighted by molar-refractivity contribution is 0.0361. The Balaban J connectivity index is 0.879. The standard InChI is InChI=1S/C36H57N5O/c37-21-29-11-10-28(20-30(29)22-38)24-12-14-31(15-13-24)41-19-17-32-34(41)16-18-39-35(32)26-8-6-25(7-9-26)33-23-42-36(40-33)27-4-2-1-3-5-27/h24-36,39-40H,1-20,23H2. The van der Waals surface area contributed by atoms with E-state index in [4.69, 9.17) is 4.74 Å². The topological polar surface area (TPSA) is 84.1 Å². The molecule has 0 aromatic rings. The molecule has 42 heavy (non-hydrogen) atoms. The first-order valence-corrected chi connectivity index (χ1v) is 18.4. The van der Waals surface area contributed by atoms with Gasteiger partial charge in [-0.05, 0) is 145 Å². The summed E-state index contributed by atoms with van der Waals surface area (Å²) in [6.07, 6.45) is 24.0. The molecule has 7 fully saturated rings. The van der Waals surface area contributed by atoms with Gasteiger partial charge in [0.1, 0.15) is 6.23 Å². The maximum atomic E-state index is 9.62. The fraction of sp³-hybridized carbons (Fsp3) is 0.944. The molecule has 4 saturated carbocycles. The number of hydrogen-bond acceptors (Lipinski definition) is 6. The summed E-state index contributed by atoms with van der Waals surface area (Å²) in [7, 11) is 0. The van der Waals surface area contributed by atoms with E-state index >= 15 is 0 Å². The molecule has 0 radical (unpaired) electrons. The molecule has 6 heteroatoms. The minimum Gasteiger partial charge on any atom is -0.361 e. The van der Waals surface area contributed by atoms with Crippen molar-refractivity contribution in [1.82, 2.24) is 15.5 Å². The lowest BCUT2D eigenvalue weighted by Gasteiger charge is -2.47. The van der Waals surface area contributed by atoms with E-state index < -0.39 is 0 Å². The number of rotatable bonds is 5. The van der Waals surface area contributed by atoms with Crippen molar-refractivity contribution in [3.8, 4) is 12.1 Å². The Bertz CT molecular complexity index is 968. The van der Waals surface area contributed by atoms with E-state index in [1.54, 1.807) is 0 Å². The second kappa shape index (κ2) is 13.4. The summed E-state index contributed by atoms with van der Waals surface area (Å²) >= 11 is 0. The minimum absolute atomic E-state index is 0.0287. The van der Waals surface area contributed by atoms with Gasteiger partial charge in [-0.3, -0.25) is 10.2 Å². The molecule has 8 unspecified atom stereocenters. The Labute approximate surface area is 255 Å². The molecule has 232 valence electrons. The molecular weight excluding hydrogens is 518 g/mol. The summed E-state index contributed by atoms with van der Waals surface area (Å²) in [5, 5.41) is 27.1. The van der Waals surface area contributed by atoms with E-state index in [0.717, 1.165) is 67.2 Å². The van der Waals surface area contributed by atoms with Gasteiger partial charge in [-0.1, -0.05) is 19.3 Å². The largest absolute Gasteiger partial charge is 0.361 e. The highest BCUT2D eigenvalue weighted by atomic mass is 16.5. The average molecular weight is 576 g/mol. The number of nitrogens with one attached hydrogen (secondary N) is 2. The van der Waals surface area contributed by atoms with E-state index in [9.17, 15) is 10.5 Å². The summed E-state index contributed by atoms with van der Waals surface area (Å²) in [5.41, 5.74) is 0. The average Bonchev–Trinajstić information content (AvgIpc) is 3.73. The number of likely N-dealkylation sites (tertiary alicyclic amines) is 1. The van der Waals surface area contributed by atoms with Crippen LogP contribution in [0.3, 0.4) is 0 Å². The van der Waals surface area contributed by atoms with Crippen molar-refractivity contribution in [2.45, 2.75) is 146 Å². The first kappa shape index (κ1) is 29.5. The van der Waals surface area contributed by atoms with Crippen LogP contribution in [0, 0.1) is 70.0 Å². The predicted molar refractivity (Wildman–Crippen MR) is 165 cm³/mol. The quantitative estimate of drug-likeness (QED) is 0.396. The van der Waals surface area contributed by atoms with E-state index in [1.165, 1.54) is 116 Å². The molecule has 4 aliphatic carbocycles. The first-order chi connectivity index (χ1) is 20.7. The van der Waals surface area contributed by atoms with Gasteiger partial charge in [0.15, 0.2) is 0 Å². The Morgan fingerprint density at radius 2 is 1.36 bits per heavy atom. The van der Waals surface area contributed by atoms with E-state index in [-0.39, 0.29) is 11.8 Å². The van der Waals surface area contributed by atoms with E-state index in [2.05, 4.69) is 27.7 Å². The van der Waals surface area contributed by atoms with Crippen LogP contribution in [0.2, 0.25) is 0 Å². The highest BCUT2D eigenvalue weighted by Gasteiger charge is 2.48.